The van der Waals surface area contributed by atoms with Crippen molar-refractivity contribution in [3.8, 4) is 11.8 Å². The number of piperidine rings is 1. The third kappa shape index (κ3) is 4.10. The molecule has 28 heavy (non-hydrogen) atoms. The zero-order valence-electron chi connectivity index (χ0n) is 16.0. The minimum atomic E-state index is -0.0336. The number of benzene rings is 2. The fraction of sp³-hybridized carbons (Fsp3) is 0.292. The summed E-state index contributed by atoms with van der Waals surface area (Å²) in [5.41, 5.74) is 2.81. The van der Waals surface area contributed by atoms with Crippen molar-refractivity contribution in [2.24, 2.45) is 0 Å². The quantitative estimate of drug-likeness (QED) is 0.771. The van der Waals surface area contributed by atoms with Crippen molar-refractivity contribution >= 4 is 22.6 Å². The maximum Gasteiger partial charge on any atom is 0.272 e. The molecule has 3 nitrogen and oxygen atoms in total. The van der Waals surface area contributed by atoms with E-state index in [9.17, 15) is 4.79 Å². The maximum atomic E-state index is 13.5. The molecule has 1 N–H and O–H groups in total. The van der Waals surface area contributed by atoms with Gasteiger partial charge in [0.2, 0.25) is 0 Å². The molecular formula is C24H24N2OS. The van der Waals surface area contributed by atoms with E-state index in [2.05, 4.69) is 36.2 Å². The van der Waals surface area contributed by atoms with Crippen molar-refractivity contribution in [3.63, 3.8) is 0 Å². The molecule has 1 amide bonds. The number of hydrogen-bond donors (Lipinski definition) is 1. The van der Waals surface area contributed by atoms with Gasteiger partial charge < -0.3 is 10.2 Å². The molecule has 2 aromatic rings. The molecule has 1 fully saturated rings. The second kappa shape index (κ2) is 8.58. The minimum Gasteiger partial charge on any atom is -0.368 e. The van der Waals surface area contributed by atoms with Gasteiger partial charge in [-0.3, -0.25) is 4.79 Å². The van der Waals surface area contributed by atoms with Gasteiger partial charge in [-0.1, -0.05) is 72.1 Å². The maximum absolute atomic E-state index is 13.5. The predicted molar refractivity (Wildman–Crippen MR) is 116 cm³/mol. The van der Waals surface area contributed by atoms with Gasteiger partial charge in [-0.25, -0.2) is 0 Å². The fourth-order valence-corrected chi connectivity index (χ4v) is 4.72. The van der Waals surface area contributed by atoms with Crippen LogP contribution in [0.2, 0.25) is 0 Å². The van der Waals surface area contributed by atoms with Crippen molar-refractivity contribution in [3.05, 3.63) is 77.5 Å². The molecule has 2 heterocycles. The highest BCUT2D eigenvalue weighted by Crippen LogP contribution is 2.39. The van der Waals surface area contributed by atoms with Gasteiger partial charge in [0.05, 0.1) is 11.4 Å². The fourth-order valence-electron chi connectivity index (χ4n) is 3.65. The van der Waals surface area contributed by atoms with Crippen LogP contribution in [-0.2, 0) is 4.79 Å². The first-order valence-corrected chi connectivity index (χ1v) is 10.7. The van der Waals surface area contributed by atoms with Gasteiger partial charge in [0.1, 0.15) is 5.70 Å². The Hall–Kier alpha value is -2.64. The summed E-state index contributed by atoms with van der Waals surface area (Å²) in [7, 11) is 0. The van der Waals surface area contributed by atoms with Gasteiger partial charge in [-0.2, -0.15) is 0 Å². The van der Waals surface area contributed by atoms with E-state index in [-0.39, 0.29) is 17.3 Å². The van der Waals surface area contributed by atoms with Gasteiger partial charge in [0.15, 0.2) is 0 Å². The zero-order valence-corrected chi connectivity index (χ0v) is 16.8. The van der Waals surface area contributed by atoms with Crippen LogP contribution < -0.4 is 5.32 Å². The summed E-state index contributed by atoms with van der Waals surface area (Å²) >= 11 is 1.72. The third-order valence-electron chi connectivity index (χ3n) is 5.04. The Bertz CT molecular complexity index is 927. The van der Waals surface area contributed by atoms with Crippen LogP contribution in [0.1, 0.15) is 37.3 Å². The van der Waals surface area contributed by atoms with Crippen LogP contribution in [0.15, 0.2) is 66.4 Å². The van der Waals surface area contributed by atoms with Crippen LogP contribution in [0.3, 0.4) is 0 Å². The summed E-state index contributed by atoms with van der Waals surface area (Å²) < 4.78 is 0. The van der Waals surface area contributed by atoms with Crippen molar-refractivity contribution in [2.75, 3.05) is 6.54 Å². The minimum absolute atomic E-state index is 0.0336. The average Bonchev–Trinajstić information content (AvgIpc) is 3.15. The number of thioether (sulfide) groups is 1. The summed E-state index contributed by atoms with van der Waals surface area (Å²) in [5.74, 6) is 6.68. The number of carbonyl (C=O) groups is 1. The lowest BCUT2D eigenvalue weighted by atomic mass is 10.0. The molecule has 0 spiro atoms. The highest BCUT2D eigenvalue weighted by Gasteiger charge is 2.33. The van der Waals surface area contributed by atoms with Crippen LogP contribution in [0.25, 0.3) is 4.91 Å². The Kier molecular flexibility index (Phi) is 5.73. The molecule has 4 heteroatoms. The van der Waals surface area contributed by atoms with E-state index in [0.29, 0.717) is 0 Å². The van der Waals surface area contributed by atoms with E-state index in [1.54, 1.807) is 11.8 Å². The number of rotatable bonds is 2. The average molecular weight is 389 g/mol. The Balaban J connectivity index is 1.62. The summed E-state index contributed by atoms with van der Waals surface area (Å²) in [6.07, 6.45) is 3.08. The highest BCUT2D eigenvalue weighted by atomic mass is 32.2. The van der Waals surface area contributed by atoms with E-state index in [0.717, 1.165) is 47.5 Å². The number of hydrogen-bond acceptors (Lipinski definition) is 3. The van der Waals surface area contributed by atoms with Crippen molar-refractivity contribution in [2.45, 2.75) is 37.6 Å². The van der Waals surface area contributed by atoms with Crippen molar-refractivity contribution in [1.29, 1.82) is 0 Å². The SMILES string of the molecule is CC1NC(C(=O)N2CCCCC2C#Cc2ccccc2)=C(c2ccccc2)S1. The lowest BCUT2D eigenvalue weighted by Crippen LogP contribution is -2.45. The first-order chi connectivity index (χ1) is 13.7. The highest BCUT2D eigenvalue weighted by molar-refractivity contribution is 8.09. The lowest BCUT2D eigenvalue weighted by Gasteiger charge is -2.33. The Morgan fingerprint density at radius 1 is 1.07 bits per heavy atom. The molecule has 2 aliphatic rings. The topological polar surface area (TPSA) is 32.3 Å². The third-order valence-corrected chi connectivity index (χ3v) is 6.19. The van der Waals surface area contributed by atoms with Crippen LogP contribution in [0, 0.1) is 11.8 Å². The molecule has 2 aromatic carbocycles. The monoisotopic (exact) mass is 388 g/mol. The second-order valence-corrected chi connectivity index (χ2v) is 8.47. The van der Waals surface area contributed by atoms with Gasteiger partial charge in [0.25, 0.3) is 5.91 Å². The molecule has 2 unspecified atom stereocenters. The number of nitrogens with zero attached hydrogens (tertiary/aromatic N) is 1. The summed E-state index contributed by atoms with van der Waals surface area (Å²) in [6.45, 7) is 2.86. The van der Waals surface area contributed by atoms with Crippen LogP contribution in [0.5, 0.6) is 0 Å². The summed E-state index contributed by atoms with van der Waals surface area (Å²) in [6, 6.07) is 20.1. The normalized spacial score (nSPS) is 21.7. The van der Waals surface area contributed by atoms with E-state index >= 15 is 0 Å². The van der Waals surface area contributed by atoms with Crippen molar-refractivity contribution in [1.82, 2.24) is 10.2 Å². The van der Waals surface area contributed by atoms with E-state index in [1.165, 1.54) is 0 Å². The molecule has 0 radical (unpaired) electrons. The molecule has 142 valence electrons. The smallest absolute Gasteiger partial charge is 0.272 e. The van der Waals surface area contributed by atoms with E-state index in [4.69, 9.17) is 0 Å². The summed E-state index contributed by atoms with van der Waals surface area (Å²) in [5, 5.41) is 3.58. The molecule has 2 atom stereocenters. The standard InChI is InChI=1S/C24H24N2OS/c1-18-25-22(23(28-18)20-12-6-3-7-13-20)24(27)26-17-9-8-14-21(26)16-15-19-10-4-2-5-11-19/h2-7,10-13,18,21,25H,8-9,14,17H2,1H3. The molecule has 0 saturated carbocycles. The van der Waals surface area contributed by atoms with Crippen molar-refractivity contribution < 1.29 is 4.79 Å². The Morgan fingerprint density at radius 2 is 1.79 bits per heavy atom. The van der Waals surface area contributed by atoms with Crippen LogP contribution in [0.4, 0.5) is 0 Å². The van der Waals surface area contributed by atoms with Crippen LogP contribution in [-0.4, -0.2) is 28.8 Å². The zero-order chi connectivity index (χ0) is 19.3. The van der Waals surface area contributed by atoms with Gasteiger partial charge >= 0.3 is 0 Å². The van der Waals surface area contributed by atoms with Gasteiger partial charge in [-0.05, 0) is 43.9 Å². The largest absolute Gasteiger partial charge is 0.368 e. The van der Waals surface area contributed by atoms with E-state index < -0.39 is 0 Å². The molecular weight excluding hydrogens is 364 g/mol. The first kappa shape index (κ1) is 18.7. The molecule has 4 rings (SSSR count). The number of likely N-dealkylation sites (tertiary alicyclic amines) is 1. The van der Waals surface area contributed by atoms with Gasteiger partial charge in [0, 0.05) is 17.0 Å². The predicted octanol–water partition coefficient (Wildman–Crippen LogP) is 4.47. The van der Waals surface area contributed by atoms with Crippen LogP contribution >= 0.6 is 11.8 Å². The molecule has 0 aromatic heterocycles. The summed E-state index contributed by atoms with van der Waals surface area (Å²) in [4.78, 5) is 16.5. The van der Waals surface area contributed by atoms with Gasteiger partial charge in [-0.15, -0.1) is 0 Å². The Morgan fingerprint density at radius 3 is 2.54 bits per heavy atom. The number of nitrogens with one attached hydrogen (secondary N) is 1. The Labute approximate surface area is 171 Å². The lowest BCUT2D eigenvalue weighted by molar-refractivity contribution is -0.129. The molecule has 1 saturated heterocycles. The molecule has 0 bridgehead atoms. The second-order valence-electron chi connectivity index (χ2n) is 7.12. The molecule has 2 aliphatic heterocycles. The van der Waals surface area contributed by atoms with E-state index in [1.807, 2.05) is 53.4 Å². The first-order valence-electron chi connectivity index (χ1n) is 9.83. The molecule has 0 aliphatic carbocycles. The number of amides is 1. The number of carbonyl (C=O) groups excluding carboxylic acids is 1.